The minimum absolute atomic E-state index is 0.159. The molecule has 0 spiro atoms. The number of aliphatic hydroxyl groups is 1. The smallest absolute Gasteiger partial charge is 0.160 e. The third-order valence-electron chi connectivity index (χ3n) is 6.49. The molecular weight excluding hydrogens is 354 g/mol. The van der Waals surface area contributed by atoms with Crippen molar-refractivity contribution in [2.75, 3.05) is 27.3 Å². The van der Waals surface area contributed by atoms with Gasteiger partial charge in [-0.3, -0.25) is 4.90 Å². The van der Waals surface area contributed by atoms with Crippen LogP contribution in [0.2, 0.25) is 0 Å². The summed E-state index contributed by atoms with van der Waals surface area (Å²) >= 11 is 0. The number of hydrogen-bond acceptors (Lipinski definition) is 5. The van der Waals surface area contributed by atoms with Crippen molar-refractivity contribution in [1.29, 1.82) is 0 Å². The summed E-state index contributed by atoms with van der Waals surface area (Å²) in [6.45, 7) is 2.61. The molecule has 2 fully saturated rings. The van der Waals surface area contributed by atoms with Crippen LogP contribution < -0.4 is 9.47 Å². The Morgan fingerprint density at radius 1 is 1.07 bits per heavy atom. The average Bonchev–Trinajstić information content (AvgIpc) is 3.13. The molecule has 3 atom stereocenters. The number of phenolic OH excluding ortho intramolecular Hbond substituents is 1. The number of likely N-dealkylation sites (tertiary alicyclic amines) is 1. The summed E-state index contributed by atoms with van der Waals surface area (Å²) in [5.41, 5.74) is 1.17. The highest BCUT2D eigenvalue weighted by Crippen LogP contribution is 2.50. The third-order valence-corrected chi connectivity index (χ3v) is 6.49. The van der Waals surface area contributed by atoms with E-state index in [1.165, 1.54) is 0 Å². The van der Waals surface area contributed by atoms with E-state index in [4.69, 9.17) is 9.47 Å². The molecule has 5 nitrogen and oxygen atoms in total. The first kappa shape index (κ1) is 19.1. The molecule has 2 aliphatic rings. The number of para-hydroxylation sites is 1. The van der Waals surface area contributed by atoms with Gasteiger partial charge in [0.25, 0.3) is 0 Å². The summed E-state index contributed by atoms with van der Waals surface area (Å²) in [7, 11) is 3.23. The molecule has 1 heterocycles. The fraction of sp³-hybridized carbons (Fsp3) is 0.478. The summed E-state index contributed by atoms with van der Waals surface area (Å²) in [6.07, 6.45) is 2.95. The van der Waals surface area contributed by atoms with Crippen molar-refractivity contribution in [2.45, 2.75) is 31.4 Å². The van der Waals surface area contributed by atoms with Gasteiger partial charge in [-0.1, -0.05) is 24.3 Å². The van der Waals surface area contributed by atoms with Crippen LogP contribution in [0.15, 0.2) is 42.5 Å². The molecule has 28 heavy (non-hydrogen) atoms. The number of nitrogens with zero attached hydrogens (tertiary/aromatic N) is 1. The van der Waals surface area contributed by atoms with Crippen molar-refractivity contribution < 1.29 is 19.7 Å². The fourth-order valence-electron chi connectivity index (χ4n) is 5.16. The lowest BCUT2D eigenvalue weighted by Gasteiger charge is -2.42. The monoisotopic (exact) mass is 383 g/mol. The van der Waals surface area contributed by atoms with Gasteiger partial charge < -0.3 is 19.7 Å². The zero-order valence-corrected chi connectivity index (χ0v) is 16.6. The van der Waals surface area contributed by atoms with E-state index in [9.17, 15) is 10.2 Å². The Labute approximate surface area is 166 Å². The Morgan fingerprint density at radius 2 is 1.86 bits per heavy atom. The van der Waals surface area contributed by atoms with Crippen molar-refractivity contribution in [3.63, 3.8) is 0 Å². The van der Waals surface area contributed by atoms with Gasteiger partial charge in [-0.15, -0.1) is 0 Å². The molecule has 2 aromatic carbocycles. The lowest BCUT2D eigenvalue weighted by Crippen LogP contribution is -2.43. The van der Waals surface area contributed by atoms with Gasteiger partial charge in [-0.25, -0.2) is 0 Å². The van der Waals surface area contributed by atoms with E-state index in [0.717, 1.165) is 55.8 Å². The molecule has 150 valence electrons. The quantitative estimate of drug-likeness (QED) is 0.827. The van der Waals surface area contributed by atoms with Gasteiger partial charge in [0.2, 0.25) is 0 Å². The first-order valence-electron chi connectivity index (χ1n) is 9.99. The van der Waals surface area contributed by atoms with Crippen LogP contribution >= 0.6 is 0 Å². The first-order valence-corrected chi connectivity index (χ1v) is 9.99. The Bertz CT molecular complexity index is 839. The number of aromatic hydroxyl groups is 1. The summed E-state index contributed by atoms with van der Waals surface area (Å²) in [4.78, 5) is 2.41. The second-order valence-corrected chi connectivity index (χ2v) is 8.08. The summed E-state index contributed by atoms with van der Waals surface area (Å²) in [6, 6.07) is 13.4. The van der Waals surface area contributed by atoms with Crippen LogP contribution in [0.5, 0.6) is 17.2 Å². The number of hydrogen-bond donors (Lipinski definition) is 2. The highest BCUT2D eigenvalue weighted by atomic mass is 16.5. The van der Waals surface area contributed by atoms with Crippen LogP contribution in [0.3, 0.4) is 0 Å². The van der Waals surface area contributed by atoms with Crippen molar-refractivity contribution in [3.8, 4) is 17.2 Å². The van der Waals surface area contributed by atoms with Crippen LogP contribution in [0.1, 0.15) is 30.4 Å². The Hall–Kier alpha value is -2.24. The van der Waals surface area contributed by atoms with E-state index in [-0.39, 0.29) is 11.7 Å². The summed E-state index contributed by atoms with van der Waals surface area (Å²) in [5.74, 6) is 2.10. The molecule has 4 rings (SSSR count). The number of ether oxygens (including phenoxy) is 2. The number of fused-ring (bicyclic) bond motifs is 1. The van der Waals surface area contributed by atoms with Gasteiger partial charge in [0, 0.05) is 31.1 Å². The van der Waals surface area contributed by atoms with E-state index >= 15 is 0 Å². The first-order chi connectivity index (χ1) is 13.5. The number of phenols is 1. The largest absolute Gasteiger partial charge is 0.504 e. The van der Waals surface area contributed by atoms with Gasteiger partial charge in [0.1, 0.15) is 5.75 Å². The topological polar surface area (TPSA) is 62.2 Å². The zero-order chi connectivity index (χ0) is 19.7. The average molecular weight is 383 g/mol. The molecule has 1 saturated carbocycles. The lowest BCUT2D eigenvalue weighted by atomic mass is 9.67. The molecule has 0 amide bonds. The van der Waals surface area contributed by atoms with Gasteiger partial charge in [0.05, 0.1) is 19.8 Å². The van der Waals surface area contributed by atoms with E-state index in [1.807, 2.05) is 36.4 Å². The molecule has 1 saturated heterocycles. The minimum Gasteiger partial charge on any atom is -0.504 e. The van der Waals surface area contributed by atoms with Crippen LogP contribution in [-0.4, -0.2) is 42.4 Å². The molecule has 1 aliphatic heterocycles. The van der Waals surface area contributed by atoms with Crippen LogP contribution in [0, 0.1) is 11.8 Å². The lowest BCUT2D eigenvalue weighted by molar-refractivity contribution is -0.0662. The number of rotatable bonds is 5. The standard InChI is InChI=1S/C23H29NO4/c1-27-21-8-4-3-7-18(21)23(26)11-5-6-17-14-24(15-19(17)23)13-16-9-10-20(25)22(12-16)28-2/h3-4,7-10,12,17,19,25-26H,5-6,11,13-15H2,1-2H3/t17-,19-,23-/m0/s1. The highest BCUT2D eigenvalue weighted by Gasteiger charge is 2.50. The minimum atomic E-state index is -0.850. The summed E-state index contributed by atoms with van der Waals surface area (Å²) in [5, 5.41) is 21.6. The van der Waals surface area contributed by atoms with Crippen LogP contribution in [0.4, 0.5) is 0 Å². The molecule has 0 aromatic heterocycles. The number of methoxy groups -OCH3 is 2. The molecule has 2 aromatic rings. The summed E-state index contributed by atoms with van der Waals surface area (Å²) < 4.78 is 10.8. The normalized spacial score (nSPS) is 27.4. The maximum absolute atomic E-state index is 11.8. The van der Waals surface area contributed by atoms with Crippen molar-refractivity contribution in [2.24, 2.45) is 11.8 Å². The Balaban J connectivity index is 1.56. The SMILES string of the molecule is COc1cc(CN2C[C@@H]3CCC[C@](O)(c4ccccc4OC)[C@H]3C2)ccc1O. The molecule has 0 unspecified atom stereocenters. The molecular formula is C23H29NO4. The van der Waals surface area contributed by atoms with Crippen molar-refractivity contribution in [3.05, 3.63) is 53.6 Å². The maximum Gasteiger partial charge on any atom is 0.160 e. The third kappa shape index (κ3) is 3.33. The fourth-order valence-corrected chi connectivity index (χ4v) is 5.16. The van der Waals surface area contributed by atoms with E-state index < -0.39 is 5.60 Å². The van der Waals surface area contributed by atoms with E-state index in [2.05, 4.69) is 4.90 Å². The van der Waals surface area contributed by atoms with Crippen molar-refractivity contribution in [1.82, 2.24) is 4.90 Å². The predicted molar refractivity (Wildman–Crippen MR) is 108 cm³/mol. The van der Waals surface area contributed by atoms with Gasteiger partial charge in [0.15, 0.2) is 11.5 Å². The molecule has 1 aliphatic carbocycles. The molecule has 2 N–H and O–H groups in total. The zero-order valence-electron chi connectivity index (χ0n) is 16.6. The molecule has 0 bridgehead atoms. The van der Waals surface area contributed by atoms with Gasteiger partial charge in [-0.05, 0) is 48.9 Å². The second-order valence-electron chi connectivity index (χ2n) is 8.08. The maximum atomic E-state index is 11.8. The van der Waals surface area contributed by atoms with Gasteiger partial charge in [-0.2, -0.15) is 0 Å². The van der Waals surface area contributed by atoms with Crippen molar-refractivity contribution >= 4 is 0 Å². The Kier molecular flexibility index (Phi) is 5.21. The van der Waals surface area contributed by atoms with E-state index in [1.54, 1.807) is 20.3 Å². The molecule has 5 heteroatoms. The van der Waals surface area contributed by atoms with Crippen LogP contribution in [0.25, 0.3) is 0 Å². The van der Waals surface area contributed by atoms with E-state index in [0.29, 0.717) is 11.7 Å². The second kappa shape index (κ2) is 7.64. The highest BCUT2D eigenvalue weighted by molar-refractivity contribution is 5.42. The predicted octanol–water partition coefficient (Wildman–Crippen LogP) is 3.53. The van der Waals surface area contributed by atoms with Gasteiger partial charge >= 0.3 is 0 Å². The number of benzene rings is 2. The molecule has 0 radical (unpaired) electrons. The van der Waals surface area contributed by atoms with Crippen LogP contribution in [-0.2, 0) is 12.1 Å². The Morgan fingerprint density at radius 3 is 2.64 bits per heavy atom.